The topological polar surface area (TPSA) is 30.5 Å². The fraction of sp³-hybridized carbons (Fsp3) is 0.600. The average molecular weight is 261 g/mol. The van der Waals surface area contributed by atoms with E-state index in [1.54, 1.807) is 0 Å². The Kier molecular flexibility index (Phi) is 3.78. The molecule has 0 bridgehead atoms. The van der Waals surface area contributed by atoms with Gasteiger partial charge in [-0.2, -0.15) is 0 Å². The van der Waals surface area contributed by atoms with Crippen LogP contribution in [0.3, 0.4) is 0 Å². The molecule has 1 fully saturated rings. The molecule has 0 saturated carbocycles. The maximum absolute atomic E-state index is 6.04. The summed E-state index contributed by atoms with van der Waals surface area (Å²) in [6.07, 6.45) is 0. The van der Waals surface area contributed by atoms with Crippen LogP contribution in [0, 0.1) is 0 Å². The summed E-state index contributed by atoms with van der Waals surface area (Å²) in [6, 6.07) is 8.78. The summed E-state index contributed by atoms with van der Waals surface area (Å²) >= 11 is 0. The third-order valence-electron chi connectivity index (χ3n) is 4.39. The SMILES string of the molecule is CNC(C)c1ccc(B2OC(C)(C)C(C)(C)O2)cc1. The van der Waals surface area contributed by atoms with Crippen LogP contribution in [-0.2, 0) is 9.31 Å². The summed E-state index contributed by atoms with van der Waals surface area (Å²) in [5.74, 6) is 0. The number of benzene rings is 1. The molecule has 1 aliphatic rings. The van der Waals surface area contributed by atoms with Crippen molar-refractivity contribution in [2.45, 2.75) is 51.9 Å². The molecule has 1 saturated heterocycles. The second-order valence-electron chi connectivity index (χ2n) is 6.27. The summed E-state index contributed by atoms with van der Waals surface area (Å²) in [5.41, 5.74) is 1.77. The van der Waals surface area contributed by atoms with Gasteiger partial charge in [-0.3, -0.25) is 0 Å². The van der Waals surface area contributed by atoms with Gasteiger partial charge in [0.15, 0.2) is 0 Å². The van der Waals surface area contributed by atoms with Crippen LogP contribution in [0.2, 0.25) is 0 Å². The molecule has 1 aliphatic heterocycles. The van der Waals surface area contributed by atoms with Gasteiger partial charge >= 0.3 is 7.12 Å². The van der Waals surface area contributed by atoms with Gasteiger partial charge in [0, 0.05) is 6.04 Å². The van der Waals surface area contributed by atoms with Crippen LogP contribution < -0.4 is 10.8 Å². The molecule has 4 heteroatoms. The van der Waals surface area contributed by atoms with Crippen LogP contribution in [0.15, 0.2) is 24.3 Å². The van der Waals surface area contributed by atoms with Gasteiger partial charge in [-0.25, -0.2) is 0 Å². The largest absolute Gasteiger partial charge is 0.494 e. The second kappa shape index (κ2) is 4.93. The van der Waals surface area contributed by atoms with Crippen LogP contribution in [0.25, 0.3) is 0 Å². The Hall–Kier alpha value is -0.835. The van der Waals surface area contributed by atoms with E-state index in [0.717, 1.165) is 5.46 Å². The number of rotatable bonds is 3. The van der Waals surface area contributed by atoms with Crippen molar-refractivity contribution in [2.75, 3.05) is 7.05 Å². The molecule has 2 rings (SSSR count). The molecule has 0 aromatic heterocycles. The van der Waals surface area contributed by atoms with E-state index in [9.17, 15) is 0 Å². The van der Waals surface area contributed by atoms with Crippen molar-refractivity contribution >= 4 is 12.6 Å². The lowest BCUT2D eigenvalue weighted by atomic mass is 9.78. The summed E-state index contributed by atoms with van der Waals surface area (Å²) in [6.45, 7) is 10.4. The predicted octanol–water partition coefficient (Wildman–Crippen LogP) is 2.27. The molecule has 3 nitrogen and oxygen atoms in total. The van der Waals surface area contributed by atoms with Crippen molar-refractivity contribution in [3.05, 3.63) is 29.8 Å². The van der Waals surface area contributed by atoms with Crippen molar-refractivity contribution in [3.8, 4) is 0 Å². The molecule has 1 unspecified atom stereocenters. The maximum Gasteiger partial charge on any atom is 0.494 e. The Labute approximate surface area is 116 Å². The van der Waals surface area contributed by atoms with E-state index in [1.165, 1.54) is 5.56 Å². The van der Waals surface area contributed by atoms with E-state index >= 15 is 0 Å². The molecular formula is C15H24BNO2. The summed E-state index contributed by atoms with van der Waals surface area (Å²) < 4.78 is 12.1. The quantitative estimate of drug-likeness (QED) is 0.847. The summed E-state index contributed by atoms with van der Waals surface area (Å²) in [5, 5.41) is 3.23. The van der Waals surface area contributed by atoms with Gasteiger partial charge in [0.1, 0.15) is 0 Å². The Bertz CT molecular complexity index is 426. The van der Waals surface area contributed by atoms with E-state index in [0.29, 0.717) is 6.04 Å². The van der Waals surface area contributed by atoms with Gasteiger partial charge in [0.2, 0.25) is 0 Å². The monoisotopic (exact) mass is 261 g/mol. The van der Waals surface area contributed by atoms with Crippen molar-refractivity contribution < 1.29 is 9.31 Å². The molecule has 1 heterocycles. The highest BCUT2D eigenvalue weighted by Crippen LogP contribution is 2.36. The number of nitrogens with one attached hydrogen (secondary N) is 1. The van der Waals surface area contributed by atoms with E-state index in [1.807, 2.05) is 7.05 Å². The lowest BCUT2D eigenvalue weighted by Crippen LogP contribution is -2.41. The molecule has 19 heavy (non-hydrogen) atoms. The maximum atomic E-state index is 6.04. The lowest BCUT2D eigenvalue weighted by molar-refractivity contribution is 0.00578. The van der Waals surface area contributed by atoms with Gasteiger partial charge in [-0.05, 0) is 52.7 Å². The highest BCUT2D eigenvalue weighted by atomic mass is 16.7. The fourth-order valence-electron chi connectivity index (χ4n) is 2.09. The lowest BCUT2D eigenvalue weighted by Gasteiger charge is -2.32. The molecule has 1 atom stereocenters. The Balaban J connectivity index is 2.17. The van der Waals surface area contributed by atoms with E-state index < -0.39 is 0 Å². The van der Waals surface area contributed by atoms with Crippen LogP contribution in [-0.4, -0.2) is 25.4 Å². The van der Waals surface area contributed by atoms with E-state index in [-0.39, 0.29) is 18.3 Å². The molecular weight excluding hydrogens is 237 g/mol. The third-order valence-corrected chi connectivity index (χ3v) is 4.39. The first kappa shape index (κ1) is 14.6. The third kappa shape index (κ3) is 2.71. The predicted molar refractivity (Wildman–Crippen MR) is 79.6 cm³/mol. The van der Waals surface area contributed by atoms with Crippen molar-refractivity contribution in [3.63, 3.8) is 0 Å². The Morgan fingerprint density at radius 3 is 1.89 bits per heavy atom. The van der Waals surface area contributed by atoms with Gasteiger partial charge in [-0.15, -0.1) is 0 Å². The molecule has 104 valence electrons. The zero-order valence-corrected chi connectivity index (χ0v) is 12.8. The summed E-state index contributed by atoms with van der Waals surface area (Å²) in [4.78, 5) is 0. The fourth-order valence-corrected chi connectivity index (χ4v) is 2.09. The molecule has 1 N–H and O–H groups in total. The number of hydrogen-bond donors (Lipinski definition) is 1. The molecule has 1 aromatic carbocycles. The van der Waals surface area contributed by atoms with Crippen LogP contribution in [0.4, 0.5) is 0 Å². The van der Waals surface area contributed by atoms with Crippen molar-refractivity contribution in [2.24, 2.45) is 0 Å². The molecule has 0 radical (unpaired) electrons. The van der Waals surface area contributed by atoms with E-state index in [2.05, 4.69) is 64.2 Å². The normalized spacial score (nSPS) is 22.5. The molecule has 0 aliphatic carbocycles. The van der Waals surface area contributed by atoms with Gasteiger partial charge in [0.05, 0.1) is 11.2 Å². The van der Waals surface area contributed by atoms with E-state index in [4.69, 9.17) is 9.31 Å². The molecule has 1 aromatic rings. The second-order valence-corrected chi connectivity index (χ2v) is 6.27. The number of hydrogen-bond acceptors (Lipinski definition) is 3. The minimum atomic E-state index is -0.283. The Morgan fingerprint density at radius 2 is 1.47 bits per heavy atom. The zero-order chi connectivity index (χ0) is 14.3. The Morgan fingerprint density at radius 1 is 1.00 bits per heavy atom. The molecule has 0 amide bonds. The first-order chi connectivity index (χ1) is 8.77. The van der Waals surface area contributed by atoms with Crippen molar-refractivity contribution in [1.82, 2.24) is 5.32 Å². The minimum Gasteiger partial charge on any atom is -0.399 e. The highest BCUT2D eigenvalue weighted by molar-refractivity contribution is 6.62. The zero-order valence-electron chi connectivity index (χ0n) is 12.8. The first-order valence-electron chi connectivity index (χ1n) is 6.89. The first-order valence-corrected chi connectivity index (χ1v) is 6.89. The highest BCUT2D eigenvalue weighted by Gasteiger charge is 2.51. The summed E-state index contributed by atoms with van der Waals surface area (Å²) in [7, 11) is 1.69. The van der Waals surface area contributed by atoms with Gasteiger partial charge in [-0.1, -0.05) is 24.3 Å². The minimum absolute atomic E-state index is 0.274. The average Bonchev–Trinajstić information content (AvgIpc) is 2.58. The van der Waals surface area contributed by atoms with Gasteiger partial charge < -0.3 is 14.6 Å². The standard InChI is InChI=1S/C15H24BNO2/c1-11(17-6)12-7-9-13(10-8-12)16-18-14(2,3)15(4,5)19-16/h7-11,17H,1-6H3. The van der Waals surface area contributed by atoms with Crippen LogP contribution >= 0.6 is 0 Å². The smallest absolute Gasteiger partial charge is 0.399 e. The van der Waals surface area contributed by atoms with Gasteiger partial charge in [0.25, 0.3) is 0 Å². The molecule has 0 spiro atoms. The van der Waals surface area contributed by atoms with Crippen molar-refractivity contribution in [1.29, 1.82) is 0 Å². The van der Waals surface area contributed by atoms with Crippen LogP contribution in [0.1, 0.15) is 46.2 Å². The van der Waals surface area contributed by atoms with Crippen LogP contribution in [0.5, 0.6) is 0 Å².